The molecule has 0 fully saturated rings. The Hall–Kier alpha value is -1.68. The number of benzene rings is 1. The van der Waals surface area contributed by atoms with Crippen LogP contribution in [0.4, 0.5) is 10.3 Å². The molecule has 0 bridgehead atoms. The molecule has 1 aromatic carbocycles. The van der Waals surface area contributed by atoms with E-state index in [1.54, 1.807) is 12.3 Å². The quantitative estimate of drug-likeness (QED) is 0.915. The van der Waals surface area contributed by atoms with Crippen molar-refractivity contribution in [1.82, 2.24) is 9.97 Å². The topological polar surface area (TPSA) is 37.8 Å². The minimum atomic E-state index is -0.337. The van der Waals surface area contributed by atoms with Gasteiger partial charge in [-0.15, -0.1) is 0 Å². The number of hydrogen-bond donors (Lipinski definition) is 1. The molecule has 5 heteroatoms. The summed E-state index contributed by atoms with van der Waals surface area (Å²) >= 11 is 6.04. The Morgan fingerprint density at radius 3 is 2.94 bits per heavy atom. The number of nitrogens with one attached hydrogen (secondary N) is 1. The number of rotatable bonds is 4. The molecule has 0 aliphatic heterocycles. The van der Waals surface area contributed by atoms with E-state index in [1.807, 2.05) is 0 Å². The highest BCUT2D eigenvalue weighted by molar-refractivity contribution is 6.33. The predicted octanol–water partition coefficient (Wildman–Crippen LogP) is 3.76. The smallest absolute Gasteiger partial charge is 0.223 e. The van der Waals surface area contributed by atoms with Gasteiger partial charge in [-0.2, -0.15) is 0 Å². The van der Waals surface area contributed by atoms with Crippen molar-refractivity contribution in [1.29, 1.82) is 0 Å². The molecule has 3 nitrogen and oxygen atoms in total. The molecule has 18 heavy (non-hydrogen) atoms. The Labute approximate surface area is 110 Å². The molecule has 94 valence electrons. The van der Waals surface area contributed by atoms with Crippen LogP contribution in [0.2, 0.25) is 5.02 Å². The maximum absolute atomic E-state index is 13.2. The third kappa shape index (κ3) is 2.96. The molecular weight excluding hydrogens is 253 g/mol. The van der Waals surface area contributed by atoms with Crippen LogP contribution in [0.5, 0.6) is 0 Å². The van der Waals surface area contributed by atoms with Gasteiger partial charge in [0.15, 0.2) is 0 Å². The van der Waals surface area contributed by atoms with Crippen LogP contribution in [-0.2, 0) is 0 Å². The number of halogens is 2. The maximum Gasteiger partial charge on any atom is 0.223 e. The van der Waals surface area contributed by atoms with Crippen molar-refractivity contribution in [2.24, 2.45) is 0 Å². The summed E-state index contributed by atoms with van der Waals surface area (Å²) in [5.41, 5.74) is 1.17. The maximum atomic E-state index is 13.2. The van der Waals surface area contributed by atoms with Gasteiger partial charge in [-0.25, -0.2) is 14.4 Å². The van der Waals surface area contributed by atoms with Crippen LogP contribution in [-0.4, -0.2) is 16.5 Å². The molecule has 0 amide bonds. The van der Waals surface area contributed by atoms with Crippen molar-refractivity contribution in [3.05, 3.63) is 41.3 Å². The molecule has 2 aromatic rings. The van der Waals surface area contributed by atoms with Crippen LogP contribution >= 0.6 is 11.6 Å². The highest BCUT2D eigenvalue weighted by Gasteiger charge is 2.07. The minimum absolute atomic E-state index is 0.337. The van der Waals surface area contributed by atoms with E-state index in [1.165, 1.54) is 18.2 Å². The largest absolute Gasteiger partial charge is 0.354 e. The van der Waals surface area contributed by atoms with E-state index < -0.39 is 0 Å². The Balaban J connectivity index is 2.35. The molecular formula is C13H13ClFN3. The normalized spacial score (nSPS) is 10.4. The van der Waals surface area contributed by atoms with Crippen molar-refractivity contribution in [2.45, 2.75) is 13.3 Å². The van der Waals surface area contributed by atoms with Gasteiger partial charge in [0.25, 0.3) is 0 Å². The average Bonchev–Trinajstić information content (AvgIpc) is 2.39. The molecule has 0 spiro atoms. The fraction of sp³-hybridized carbons (Fsp3) is 0.231. The van der Waals surface area contributed by atoms with E-state index in [-0.39, 0.29) is 5.82 Å². The summed E-state index contributed by atoms with van der Waals surface area (Å²) in [5, 5.41) is 3.55. The zero-order chi connectivity index (χ0) is 13.0. The highest BCUT2D eigenvalue weighted by atomic mass is 35.5. The first-order valence-corrected chi connectivity index (χ1v) is 6.11. The van der Waals surface area contributed by atoms with Gasteiger partial charge >= 0.3 is 0 Å². The van der Waals surface area contributed by atoms with Gasteiger partial charge in [-0.05, 0) is 30.7 Å². The van der Waals surface area contributed by atoms with Crippen molar-refractivity contribution in [3.63, 3.8) is 0 Å². The lowest BCUT2D eigenvalue weighted by Crippen LogP contribution is -2.04. The molecule has 1 heterocycles. The van der Waals surface area contributed by atoms with Crippen molar-refractivity contribution >= 4 is 17.5 Å². The van der Waals surface area contributed by atoms with Crippen LogP contribution in [0, 0.1) is 5.82 Å². The van der Waals surface area contributed by atoms with E-state index in [0.717, 1.165) is 13.0 Å². The lowest BCUT2D eigenvalue weighted by Gasteiger charge is -2.07. The molecule has 1 aromatic heterocycles. The van der Waals surface area contributed by atoms with Gasteiger partial charge in [-0.1, -0.05) is 18.5 Å². The van der Waals surface area contributed by atoms with Gasteiger partial charge < -0.3 is 5.32 Å². The first-order valence-electron chi connectivity index (χ1n) is 5.73. The first-order chi connectivity index (χ1) is 8.70. The summed E-state index contributed by atoms with van der Waals surface area (Å²) < 4.78 is 13.2. The van der Waals surface area contributed by atoms with E-state index >= 15 is 0 Å². The molecule has 0 saturated carbocycles. The SMILES string of the molecule is CCCNc1nccc(-c2cc(F)ccc2Cl)n1. The zero-order valence-corrected chi connectivity index (χ0v) is 10.7. The zero-order valence-electron chi connectivity index (χ0n) is 9.95. The summed E-state index contributed by atoms with van der Waals surface area (Å²) in [6.07, 6.45) is 2.61. The van der Waals surface area contributed by atoms with Crippen molar-refractivity contribution < 1.29 is 4.39 Å². The van der Waals surface area contributed by atoms with E-state index in [4.69, 9.17) is 11.6 Å². The molecule has 0 unspecified atom stereocenters. The lowest BCUT2D eigenvalue weighted by molar-refractivity contribution is 0.628. The van der Waals surface area contributed by atoms with Gasteiger partial charge in [0.05, 0.1) is 10.7 Å². The number of hydrogen-bond acceptors (Lipinski definition) is 3. The molecule has 1 N–H and O–H groups in total. The summed E-state index contributed by atoms with van der Waals surface area (Å²) in [6.45, 7) is 2.85. The van der Waals surface area contributed by atoms with Crippen LogP contribution in [0.25, 0.3) is 11.3 Å². The van der Waals surface area contributed by atoms with Crippen molar-refractivity contribution in [3.8, 4) is 11.3 Å². The number of anilines is 1. The first kappa shape index (κ1) is 12.8. The van der Waals surface area contributed by atoms with Crippen LogP contribution in [0.1, 0.15) is 13.3 Å². The van der Waals surface area contributed by atoms with Gasteiger partial charge in [0, 0.05) is 18.3 Å². The fourth-order valence-electron chi connectivity index (χ4n) is 1.52. The molecule has 2 rings (SSSR count). The number of aromatic nitrogens is 2. The highest BCUT2D eigenvalue weighted by Crippen LogP contribution is 2.27. The Morgan fingerprint density at radius 1 is 1.33 bits per heavy atom. The Morgan fingerprint density at radius 2 is 2.17 bits per heavy atom. The van der Waals surface area contributed by atoms with E-state index in [0.29, 0.717) is 22.2 Å². The molecule has 0 aliphatic carbocycles. The second kappa shape index (κ2) is 5.78. The monoisotopic (exact) mass is 265 g/mol. The minimum Gasteiger partial charge on any atom is -0.354 e. The van der Waals surface area contributed by atoms with Gasteiger partial charge in [-0.3, -0.25) is 0 Å². The van der Waals surface area contributed by atoms with Crippen LogP contribution < -0.4 is 5.32 Å². The second-order valence-corrected chi connectivity index (χ2v) is 4.22. The molecule has 0 radical (unpaired) electrons. The van der Waals surface area contributed by atoms with Crippen LogP contribution in [0.3, 0.4) is 0 Å². The summed E-state index contributed by atoms with van der Waals surface area (Å²) in [5.74, 6) is 0.186. The van der Waals surface area contributed by atoms with E-state index in [2.05, 4.69) is 22.2 Å². The second-order valence-electron chi connectivity index (χ2n) is 3.82. The predicted molar refractivity (Wildman–Crippen MR) is 71.2 cm³/mol. The lowest BCUT2D eigenvalue weighted by atomic mass is 10.1. The van der Waals surface area contributed by atoms with Gasteiger partial charge in [0.1, 0.15) is 5.82 Å². The number of nitrogens with zero attached hydrogens (tertiary/aromatic N) is 2. The average molecular weight is 266 g/mol. The summed E-state index contributed by atoms with van der Waals surface area (Å²) in [6, 6.07) is 5.92. The third-order valence-corrected chi connectivity index (χ3v) is 2.72. The summed E-state index contributed by atoms with van der Waals surface area (Å²) in [4.78, 5) is 8.40. The van der Waals surface area contributed by atoms with Crippen LogP contribution in [0.15, 0.2) is 30.5 Å². The molecule has 0 atom stereocenters. The van der Waals surface area contributed by atoms with Crippen molar-refractivity contribution in [2.75, 3.05) is 11.9 Å². The van der Waals surface area contributed by atoms with Gasteiger partial charge in [0.2, 0.25) is 5.95 Å². The fourth-order valence-corrected chi connectivity index (χ4v) is 1.74. The third-order valence-electron chi connectivity index (χ3n) is 2.39. The standard InChI is InChI=1S/C13H13ClFN3/c1-2-6-16-13-17-7-5-12(18-13)10-8-9(15)3-4-11(10)14/h3-5,7-8H,2,6H2,1H3,(H,16,17,18). The summed E-state index contributed by atoms with van der Waals surface area (Å²) in [7, 11) is 0. The molecule has 0 aliphatic rings. The van der Waals surface area contributed by atoms with E-state index in [9.17, 15) is 4.39 Å². The Kier molecular flexibility index (Phi) is 4.10. The Bertz CT molecular complexity index is 546. The molecule has 0 saturated heterocycles.